The summed E-state index contributed by atoms with van der Waals surface area (Å²) in [5, 5.41) is 39.5. The fourth-order valence-corrected chi connectivity index (χ4v) is 3.78. The number of carbonyl (C=O) groups excluding carboxylic acids is 2. The third kappa shape index (κ3) is 6.25. The van der Waals surface area contributed by atoms with E-state index in [-0.39, 0.29) is 17.9 Å². The normalized spacial score (nSPS) is 23.4. The van der Waals surface area contributed by atoms with Gasteiger partial charge in [-0.05, 0) is 42.7 Å². The molecule has 0 bridgehead atoms. The van der Waals surface area contributed by atoms with Crippen molar-refractivity contribution in [3.05, 3.63) is 65.4 Å². The van der Waals surface area contributed by atoms with Gasteiger partial charge < -0.3 is 30.7 Å². The van der Waals surface area contributed by atoms with E-state index in [4.69, 9.17) is 15.2 Å². The molecule has 5 atom stereocenters. The van der Waals surface area contributed by atoms with Crippen molar-refractivity contribution in [2.75, 3.05) is 11.9 Å². The smallest absolute Gasteiger partial charge is 0.303 e. The molecule has 0 spiro atoms. The van der Waals surface area contributed by atoms with Crippen molar-refractivity contribution in [2.24, 2.45) is 5.73 Å². The van der Waals surface area contributed by atoms with E-state index in [2.05, 4.69) is 20.5 Å². The second-order valence-electron chi connectivity index (χ2n) is 8.40. The minimum absolute atomic E-state index is 0.0259. The number of aryl methyl sites for hydroxylation is 1. The van der Waals surface area contributed by atoms with Crippen molar-refractivity contribution in [3.8, 4) is 6.07 Å². The van der Waals surface area contributed by atoms with E-state index in [0.29, 0.717) is 11.1 Å². The summed E-state index contributed by atoms with van der Waals surface area (Å²) in [7, 11) is 0. The number of amides is 1. The fourth-order valence-electron chi connectivity index (χ4n) is 3.78. The number of nitriles is 1. The fraction of sp³-hybridized carbons (Fsp3) is 0.375. The Morgan fingerprint density at radius 3 is 2.68 bits per heavy atom. The molecule has 1 aliphatic heterocycles. The van der Waals surface area contributed by atoms with Crippen LogP contribution in [0.3, 0.4) is 0 Å². The number of aromatic amines is 1. The van der Waals surface area contributed by atoms with E-state index in [1.165, 1.54) is 36.4 Å². The molecule has 2 aromatic rings. The number of nitrogens with zero attached hydrogens (tertiary/aromatic N) is 3. The summed E-state index contributed by atoms with van der Waals surface area (Å²) in [5.41, 5.74) is 5.03. The molecule has 3 rings (SSSR count). The number of anilines is 1. The second kappa shape index (κ2) is 11.8. The van der Waals surface area contributed by atoms with E-state index in [9.17, 15) is 29.5 Å². The largest absolute Gasteiger partial charge is 0.457 e. The van der Waals surface area contributed by atoms with Crippen LogP contribution in [-0.2, 0) is 31.1 Å². The maximum atomic E-state index is 13.1. The second-order valence-corrected chi connectivity index (χ2v) is 8.40. The van der Waals surface area contributed by atoms with Crippen LogP contribution in [-0.4, -0.2) is 68.2 Å². The molecule has 6 N–H and O–H groups in total. The Labute approximate surface area is 211 Å². The highest BCUT2D eigenvalue weighted by molar-refractivity contribution is 5.94. The van der Waals surface area contributed by atoms with E-state index < -0.39 is 54.3 Å². The minimum Gasteiger partial charge on any atom is -0.457 e. The Bertz CT molecular complexity index is 1230. The van der Waals surface area contributed by atoms with Crippen LogP contribution in [0.1, 0.15) is 23.7 Å². The van der Waals surface area contributed by atoms with Crippen LogP contribution in [0.5, 0.6) is 0 Å². The number of aromatic nitrogens is 3. The number of hydrogen-bond acceptors (Lipinski definition) is 10. The highest BCUT2D eigenvalue weighted by Crippen LogP contribution is 2.39. The number of ether oxygens (including phenoxy) is 2. The molecule has 1 aliphatic rings. The predicted octanol–water partition coefficient (Wildman–Crippen LogP) is 0.288. The number of rotatable bonds is 7. The third-order valence-corrected chi connectivity index (χ3v) is 5.73. The number of esters is 1. The van der Waals surface area contributed by atoms with Crippen molar-refractivity contribution < 1.29 is 33.7 Å². The highest BCUT2D eigenvalue weighted by atomic mass is 19.1. The van der Waals surface area contributed by atoms with Crippen molar-refractivity contribution in [1.29, 1.82) is 5.26 Å². The molecule has 37 heavy (non-hydrogen) atoms. The van der Waals surface area contributed by atoms with Gasteiger partial charge in [-0.1, -0.05) is 18.2 Å². The first-order chi connectivity index (χ1) is 17.6. The van der Waals surface area contributed by atoms with Crippen molar-refractivity contribution in [2.45, 2.75) is 50.2 Å². The molecule has 1 saturated heterocycles. The van der Waals surface area contributed by atoms with Gasteiger partial charge in [0.2, 0.25) is 11.5 Å². The molecule has 196 valence electrons. The number of H-pyrrole nitrogens is 1. The van der Waals surface area contributed by atoms with E-state index in [1.54, 1.807) is 6.92 Å². The standard InChI is InChI=1S/C24H27FN6O6/c1-13-3-8-19(24(11-26)21(34)20(36-14(2)33)18(10-32)37-24)31-29-12-28-22(13)30-23(35)17(27)9-15-4-6-16(25)7-5-15/h3-8,12,17-18,20-21,31-32,34H,9-10,27H2,1-2H3,(H,28,29,30,35)/t17-,18+,20+,21+,24-/m0/s1. The number of aliphatic hydroxyl groups is 2. The van der Waals surface area contributed by atoms with Gasteiger partial charge in [0.25, 0.3) is 0 Å². The zero-order valence-electron chi connectivity index (χ0n) is 20.1. The molecule has 1 aromatic heterocycles. The van der Waals surface area contributed by atoms with E-state index >= 15 is 0 Å². The SMILES string of the molecule is CC(=O)O[C@H]1[C@@H](O)[C@](C#N)(c2ccc(C)c(NC(=O)[C@@H](N)Cc3ccc(F)cc3)ncn[nH]2)O[C@@H]1CO. The van der Waals surface area contributed by atoms with Crippen LogP contribution < -0.4 is 11.1 Å². The molecule has 0 aliphatic carbocycles. The maximum Gasteiger partial charge on any atom is 0.303 e. The highest BCUT2D eigenvalue weighted by Gasteiger charge is 2.58. The molecule has 1 fully saturated rings. The van der Waals surface area contributed by atoms with Gasteiger partial charge in [-0.3, -0.25) is 14.7 Å². The third-order valence-electron chi connectivity index (χ3n) is 5.73. The number of nitrogens with one attached hydrogen (secondary N) is 2. The number of carbonyl (C=O) groups is 2. The van der Waals surface area contributed by atoms with Gasteiger partial charge in [-0.25, -0.2) is 9.37 Å². The first kappa shape index (κ1) is 27.6. The van der Waals surface area contributed by atoms with Gasteiger partial charge in [0.15, 0.2) is 6.10 Å². The van der Waals surface area contributed by atoms with Crippen molar-refractivity contribution >= 4 is 17.7 Å². The van der Waals surface area contributed by atoms with Crippen molar-refractivity contribution in [3.63, 3.8) is 0 Å². The molecule has 0 saturated carbocycles. The number of aliphatic hydroxyl groups excluding tert-OH is 2. The molecule has 0 unspecified atom stereocenters. The summed E-state index contributed by atoms with van der Waals surface area (Å²) in [4.78, 5) is 28.2. The summed E-state index contributed by atoms with van der Waals surface area (Å²) < 4.78 is 23.8. The van der Waals surface area contributed by atoms with Gasteiger partial charge in [-0.2, -0.15) is 10.4 Å². The molecule has 1 amide bonds. The first-order valence-electron chi connectivity index (χ1n) is 11.2. The molecule has 12 nitrogen and oxygen atoms in total. The number of halogens is 1. The van der Waals surface area contributed by atoms with E-state index in [1.807, 2.05) is 6.07 Å². The molecule has 13 heteroatoms. The summed E-state index contributed by atoms with van der Waals surface area (Å²) in [5.74, 6) is -1.55. The first-order valence-corrected chi connectivity index (χ1v) is 11.2. The molecular formula is C24H27FN6O6. The molecule has 0 radical (unpaired) electrons. The summed E-state index contributed by atoms with van der Waals surface area (Å²) >= 11 is 0. The lowest BCUT2D eigenvalue weighted by molar-refractivity contribution is -0.153. The Morgan fingerprint density at radius 1 is 1.35 bits per heavy atom. The topological polar surface area (TPSA) is 196 Å². The minimum atomic E-state index is -2.06. The molecular weight excluding hydrogens is 487 g/mol. The van der Waals surface area contributed by atoms with Crippen LogP contribution in [0, 0.1) is 24.1 Å². The van der Waals surface area contributed by atoms with Crippen molar-refractivity contribution in [1.82, 2.24) is 15.2 Å². The lowest BCUT2D eigenvalue weighted by atomic mass is 9.92. The average Bonchev–Trinajstić information content (AvgIpc) is 3.18. The van der Waals surface area contributed by atoms with Gasteiger partial charge >= 0.3 is 5.97 Å². The summed E-state index contributed by atoms with van der Waals surface area (Å²) in [6.45, 7) is 2.13. The van der Waals surface area contributed by atoms with Crippen LogP contribution in [0.4, 0.5) is 10.2 Å². The molecule has 1 aromatic carbocycles. The monoisotopic (exact) mass is 514 g/mol. The maximum absolute atomic E-state index is 13.1. The van der Waals surface area contributed by atoms with Crippen LogP contribution in [0.25, 0.3) is 0 Å². The zero-order valence-corrected chi connectivity index (χ0v) is 20.1. The zero-order chi connectivity index (χ0) is 27.2. The average molecular weight is 515 g/mol. The number of benzene rings is 1. The van der Waals surface area contributed by atoms with Crippen LogP contribution >= 0.6 is 0 Å². The Morgan fingerprint density at radius 2 is 2.05 bits per heavy atom. The van der Waals surface area contributed by atoms with Gasteiger partial charge in [0.1, 0.15) is 36.2 Å². The van der Waals surface area contributed by atoms with Gasteiger partial charge in [0.05, 0.1) is 18.3 Å². The van der Waals surface area contributed by atoms with Crippen LogP contribution in [0.2, 0.25) is 0 Å². The Kier molecular flexibility index (Phi) is 8.85. The lowest BCUT2D eigenvalue weighted by Crippen LogP contribution is -2.42. The Balaban J connectivity index is 1.87. The van der Waals surface area contributed by atoms with E-state index in [0.717, 1.165) is 13.3 Å². The Hall–Kier alpha value is -3.96. The molecule has 2 heterocycles. The summed E-state index contributed by atoms with van der Waals surface area (Å²) in [6.07, 6.45) is -2.91. The quantitative estimate of drug-likeness (QED) is 0.320. The van der Waals surface area contributed by atoms with Crippen LogP contribution in [0.15, 0.2) is 42.7 Å². The lowest BCUT2D eigenvalue weighted by Gasteiger charge is -2.24. The number of nitrogens with two attached hydrogens (primary N) is 1. The predicted molar refractivity (Wildman–Crippen MR) is 126 cm³/mol. The number of hydrogen-bond donors (Lipinski definition) is 5. The van der Waals surface area contributed by atoms with Gasteiger partial charge in [-0.15, -0.1) is 0 Å². The summed E-state index contributed by atoms with van der Waals surface area (Å²) in [6, 6.07) is 9.42. The van der Waals surface area contributed by atoms with Gasteiger partial charge in [0, 0.05) is 6.92 Å².